The van der Waals surface area contributed by atoms with E-state index in [1.807, 2.05) is 91.0 Å². The molecule has 8 N–H and O–H groups in total. The number of nitrogens with two attached hydrogens (primary N) is 4. The number of rotatable bonds is 3. The third-order valence-corrected chi connectivity index (χ3v) is 5.47. The fourth-order valence-corrected chi connectivity index (χ4v) is 3.97. The first kappa shape index (κ1) is 18.0. The van der Waals surface area contributed by atoms with Crippen LogP contribution < -0.4 is 22.9 Å². The summed E-state index contributed by atoms with van der Waals surface area (Å²) in [7, 11) is 0. The van der Waals surface area contributed by atoms with Gasteiger partial charge in [-0.3, -0.25) is 0 Å². The van der Waals surface area contributed by atoms with Gasteiger partial charge < -0.3 is 22.9 Å². The molecule has 3 aromatic carbocycles. The van der Waals surface area contributed by atoms with Crippen LogP contribution in [0.25, 0.3) is 11.1 Å². The molecule has 0 amide bonds. The van der Waals surface area contributed by atoms with Gasteiger partial charge in [-0.2, -0.15) is 0 Å². The lowest BCUT2D eigenvalue weighted by atomic mass is 9.69. The Kier molecular flexibility index (Phi) is 4.51. The van der Waals surface area contributed by atoms with Gasteiger partial charge in [-0.15, -0.1) is 0 Å². The highest BCUT2D eigenvalue weighted by atomic mass is 14.9. The zero-order valence-electron chi connectivity index (χ0n) is 15.5. The van der Waals surface area contributed by atoms with Gasteiger partial charge in [-0.25, -0.2) is 0 Å². The van der Waals surface area contributed by atoms with Gasteiger partial charge in [-0.1, -0.05) is 91.0 Å². The molecule has 0 spiro atoms. The van der Waals surface area contributed by atoms with Gasteiger partial charge in [0.2, 0.25) is 0 Å². The lowest BCUT2D eigenvalue weighted by Gasteiger charge is -2.43. The van der Waals surface area contributed by atoms with E-state index in [-0.39, 0.29) is 0 Å². The highest BCUT2D eigenvalue weighted by molar-refractivity contribution is 5.95. The second kappa shape index (κ2) is 7.00. The van der Waals surface area contributed by atoms with Crippen molar-refractivity contribution >= 4 is 11.1 Å². The maximum Gasteiger partial charge on any atom is 0.101 e. The molecule has 3 aromatic rings. The summed E-state index contributed by atoms with van der Waals surface area (Å²) >= 11 is 0. The predicted octanol–water partition coefficient (Wildman–Crippen LogP) is 2.92. The molecule has 1 aliphatic rings. The van der Waals surface area contributed by atoms with Crippen LogP contribution in [0.4, 0.5) is 0 Å². The zero-order valence-corrected chi connectivity index (χ0v) is 15.5. The molecule has 0 aromatic heterocycles. The maximum absolute atomic E-state index is 6.99. The van der Waals surface area contributed by atoms with E-state index in [0.29, 0.717) is 11.4 Å². The van der Waals surface area contributed by atoms with Crippen LogP contribution in [0.1, 0.15) is 16.7 Å². The summed E-state index contributed by atoms with van der Waals surface area (Å²) in [5.41, 5.74) is 31.4. The van der Waals surface area contributed by atoms with Crippen LogP contribution in [0, 0.1) is 0 Å². The van der Waals surface area contributed by atoms with Crippen molar-refractivity contribution in [2.75, 3.05) is 0 Å². The number of hydrogen-bond acceptors (Lipinski definition) is 4. The molecule has 2 atom stereocenters. The Morgan fingerprint density at radius 1 is 0.643 bits per heavy atom. The van der Waals surface area contributed by atoms with Gasteiger partial charge >= 0.3 is 0 Å². The van der Waals surface area contributed by atoms with Gasteiger partial charge in [0.05, 0.1) is 6.04 Å². The molecule has 0 bridgehead atoms. The summed E-state index contributed by atoms with van der Waals surface area (Å²) < 4.78 is 0. The fraction of sp³-hybridized carbons (Fsp3) is 0.0833. The van der Waals surface area contributed by atoms with E-state index in [1.165, 1.54) is 0 Å². The minimum atomic E-state index is -1.08. The third kappa shape index (κ3) is 2.71. The minimum Gasteiger partial charge on any atom is -0.400 e. The minimum absolute atomic E-state index is 0.481. The van der Waals surface area contributed by atoms with E-state index in [2.05, 4.69) is 0 Å². The quantitative estimate of drug-likeness (QED) is 0.570. The van der Waals surface area contributed by atoms with E-state index in [0.717, 1.165) is 27.8 Å². The standard InChI is InChI=1S/C24H24N4/c25-21-19(16-10-4-1-5-11-16)22(26)24(28,18-14-8-3-9-15-18)23(27)20(21)17-12-6-2-7-13-17/h1-15,22H,25-28H2. The first-order valence-electron chi connectivity index (χ1n) is 9.26. The van der Waals surface area contributed by atoms with Gasteiger partial charge in [0.25, 0.3) is 0 Å². The molecule has 28 heavy (non-hydrogen) atoms. The molecule has 0 fully saturated rings. The van der Waals surface area contributed by atoms with Crippen molar-refractivity contribution in [2.45, 2.75) is 11.6 Å². The van der Waals surface area contributed by atoms with Crippen molar-refractivity contribution in [2.24, 2.45) is 22.9 Å². The van der Waals surface area contributed by atoms with Crippen LogP contribution >= 0.6 is 0 Å². The van der Waals surface area contributed by atoms with E-state index in [1.54, 1.807) is 0 Å². The summed E-state index contributed by atoms with van der Waals surface area (Å²) in [4.78, 5) is 0. The van der Waals surface area contributed by atoms with Crippen molar-refractivity contribution < 1.29 is 0 Å². The molecule has 0 heterocycles. The second-order valence-corrected chi connectivity index (χ2v) is 7.06. The number of allylic oxidation sites excluding steroid dienone is 1. The summed E-state index contributed by atoms with van der Waals surface area (Å²) in [5, 5.41) is 0. The van der Waals surface area contributed by atoms with Crippen molar-refractivity contribution in [3.05, 3.63) is 119 Å². The Morgan fingerprint density at radius 2 is 1.11 bits per heavy atom. The Bertz CT molecular complexity index is 1040. The maximum atomic E-state index is 6.99. The monoisotopic (exact) mass is 368 g/mol. The van der Waals surface area contributed by atoms with E-state index < -0.39 is 11.6 Å². The normalized spacial score (nSPS) is 22.4. The molecule has 0 aliphatic heterocycles. The SMILES string of the molecule is NC1=C(c2ccccc2)C(N)C(N)(c2ccccc2)C(N)=C1c1ccccc1. The summed E-state index contributed by atoms with van der Waals surface area (Å²) in [6.07, 6.45) is 0. The van der Waals surface area contributed by atoms with Crippen LogP contribution in [-0.2, 0) is 5.54 Å². The summed E-state index contributed by atoms with van der Waals surface area (Å²) in [6, 6.07) is 28.9. The van der Waals surface area contributed by atoms with Crippen LogP contribution in [0.5, 0.6) is 0 Å². The molecule has 0 radical (unpaired) electrons. The Morgan fingerprint density at radius 3 is 1.64 bits per heavy atom. The van der Waals surface area contributed by atoms with E-state index in [4.69, 9.17) is 22.9 Å². The third-order valence-electron chi connectivity index (χ3n) is 5.47. The molecule has 2 unspecified atom stereocenters. The molecule has 4 nitrogen and oxygen atoms in total. The van der Waals surface area contributed by atoms with Gasteiger partial charge in [0.15, 0.2) is 0 Å². The second-order valence-electron chi connectivity index (χ2n) is 7.06. The van der Waals surface area contributed by atoms with Crippen LogP contribution in [-0.4, -0.2) is 6.04 Å². The van der Waals surface area contributed by atoms with Crippen molar-refractivity contribution in [3.8, 4) is 0 Å². The molecule has 0 saturated carbocycles. The van der Waals surface area contributed by atoms with Crippen molar-refractivity contribution in [1.82, 2.24) is 0 Å². The zero-order chi connectivity index (χ0) is 19.7. The topological polar surface area (TPSA) is 104 Å². The first-order valence-corrected chi connectivity index (χ1v) is 9.26. The molecule has 140 valence electrons. The molecule has 0 saturated heterocycles. The van der Waals surface area contributed by atoms with Crippen LogP contribution in [0.3, 0.4) is 0 Å². The van der Waals surface area contributed by atoms with E-state index >= 15 is 0 Å². The molecule has 4 heteroatoms. The Hall–Kier alpha value is -3.34. The number of hydrogen-bond donors (Lipinski definition) is 4. The van der Waals surface area contributed by atoms with Crippen molar-refractivity contribution in [3.63, 3.8) is 0 Å². The summed E-state index contributed by atoms with van der Waals surface area (Å²) in [5.74, 6) is 0. The lowest BCUT2D eigenvalue weighted by molar-refractivity contribution is 0.467. The average molecular weight is 368 g/mol. The predicted molar refractivity (Wildman–Crippen MR) is 115 cm³/mol. The smallest absolute Gasteiger partial charge is 0.101 e. The van der Waals surface area contributed by atoms with Crippen molar-refractivity contribution in [1.29, 1.82) is 0 Å². The molecule has 1 aliphatic carbocycles. The van der Waals surface area contributed by atoms with Crippen LogP contribution in [0.15, 0.2) is 102 Å². The van der Waals surface area contributed by atoms with Gasteiger partial charge in [-0.05, 0) is 16.7 Å². The van der Waals surface area contributed by atoms with Gasteiger partial charge in [0.1, 0.15) is 5.54 Å². The Balaban J connectivity index is 2.04. The Labute approximate surface area is 165 Å². The molecular formula is C24H24N4. The van der Waals surface area contributed by atoms with E-state index in [9.17, 15) is 0 Å². The first-order chi connectivity index (χ1) is 13.5. The lowest BCUT2D eigenvalue weighted by Crippen LogP contribution is -2.58. The average Bonchev–Trinajstić information content (AvgIpc) is 2.74. The molecular weight excluding hydrogens is 344 g/mol. The fourth-order valence-electron chi connectivity index (χ4n) is 3.97. The largest absolute Gasteiger partial charge is 0.400 e. The highest BCUT2D eigenvalue weighted by Gasteiger charge is 2.45. The van der Waals surface area contributed by atoms with Crippen LogP contribution in [0.2, 0.25) is 0 Å². The summed E-state index contributed by atoms with van der Waals surface area (Å²) in [6.45, 7) is 0. The molecule has 4 rings (SSSR count). The van der Waals surface area contributed by atoms with Gasteiger partial charge in [0, 0.05) is 22.5 Å². The number of benzene rings is 3. The highest BCUT2D eigenvalue weighted by Crippen LogP contribution is 2.44.